The van der Waals surface area contributed by atoms with Gasteiger partial charge in [-0.3, -0.25) is 14.6 Å². The van der Waals surface area contributed by atoms with E-state index in [-0.39, 0.29) is 23.2 Å². The van der Waals surface area contributed by atoms with E-state index < -0.39 is 5.91 Å². The van der Waals surface area contributed by atoms with Crippen LogP contribution in [0.4, 0.5) is 11.5 Å². The summed E-state index contributed by atoms with van der Waals surface area (Å²) in [6.07, 6.45) is 10.3. The summed E-state index contributed by atoms with van der Waals surface area (Å²) in [5.41, 5.74) is 7.65. The summed E-state index contributed by atoms with van der Waals surface area (Å²) >= 11 is 0. The third-order valence-electron chi connectivity index (χ3n) is 4.54. The number of carbonyl (C=O) groups is 2. The summed E-state index contributed by atoms with van der Waals surface area (Å²) in [4.78, 5) is 45.7. The maximum atomic E-state index is 13.2. The van der Waals surface area contributed by atoms with Crippen LogP contribution in [0, 0.1) is 0 Å². The van der Waals surface area contributed by atoms with E-state index in [1.54, 1.807) is 18.5 Å². The SMILES string of the molecule is CC(C)n1cc(C(=O)c2cncc(NC(=O)c3cncnc3N)c2)c2cncnc21. The Morgan fingerprint density at radius 3 is 2.53 bits per heavy atom. The number of nitrogens with zero attached hydrogens (tertiary/aromatic N) is 6. The molecule has 4 aromatic rings. The highest BCUT2D eigenvalue weighted by Crippen LogP contribution is 2.25. The van der Waals surface area contributed by atoms with Gasteiger partial charge in [0.25, 0.3) is 5.91 Å². The lowest BCUT2D eigenvalue weighted by Gasteiger charge is -2.07. The van der Waals surface area contributed by atoms with Crippen molar-refractivity contribution in [3.05, 3.63) is 66.4 Å². The second-order valence-corrected chi connectivity index (χ2v) is 6.87. The third kappa shape index (κ3) is 3.46. The number of carbonyl (C=O) groups excluding carboxylic acids is 2. The molecule has 0 unspecified atom stereocenters. The first-order chi connectivity index (χ1) is 14.5. The fraction of sp³-hybridized carbons (Fsp3) is 0.150. The molecular weight excluding hydrogens is 384 g/mol. The number of pyridine rings is 1. The van der Waals surface area contributed by atoms with Gasteiger partial charge in [-0.25, -0.2) is 19.9 Å². The first kappa shape index (κ1) is 19.1. The lowest BCUT2D eigenvalue weighted by atomic mass is 10.1. The van der Waals surface area contributed by atoms with Crippen molar-refractivity contribution in [2.45, 2.75) is 19.9 Å². The van der Waals surface area contributed by atoms with E-state index in [0.29, 0.717) is 27.8 Å². The number of fused-ring (bicyclic) bond motifs is 1. The van der Waals surface area contributed by atoms with Gasteiger partial charge in [0.15, 0.2) is 5.78 Å². The Kier molecular flexibility index (Phi) is 4.88. The molecule has 10 nitrogen and oxygen atoms in total. The Labute approximate surface area is 171 Å². The van der Waals surface area contributed by atoms with Crippen LogP contribution in [-0.2, 0) is 0 Å². The zero-order valence-electron chi connectivity index (χ0n) is 16.3. The second-order valence-electron chi connectivity index (χ2n) is 6.87. The van der Waals surface area contributed by atoms with Gasteiger partial charge >= 0.3 is 0 Å². The molecule has 0 radical (unpaired) electrons. The molecule has 0 atom stereocenters. The number of nitrogen functional groups attached to an aromatic ring is 1. The molecule has 30 heavy (non-hydrogen) atoms. The molecule has 0 aromatic carbocycles. The molecule has 0 saturated carbocycles. The molecule has 0 aliphatic rings. The molecule has 0 spiro atoms. The number of hydrogen-bond acceptors (Lipinski definition) is 8. The first-order valence-corrected chi connectivity index (χ1v) is 9.13. The number of hydrogen-bond donors (Lipinski definition) is 2. The number of aromatic nitrogens is 6. The second kappa shape index (κ2) is 7.66. The summed E-state index contributed by atoms with van der Waals surface area (Å²) in [5, 5.41) is 3.32. The number of anilines is 2. The molecule has 4 aromatic heterocycles. The van der Waals surface area contributed by atoms with E-state index in [2.05, 4.69) is 30.2 Å². The van der Waals surface area contributed by atoms with Crippen molar-refractivity contribution >= 4 is 34.2 Å². The predicted molar refractivity (Wildman–Crippen MR) is 110 cm³/mol. The average Bonchev–Trinajstić information content (AvgIpc) is 3.14. The van der Waals surface area contributed by atoms with Gasteiger partial charge in [0, 0.05) is 41.8 Å². The third-order valence-corrected chi connectivity index (χ3v) is 4.54. The highest BCUT2D eigenvalue weighted by molar-refractivity contribution is 6.16. The fourth-order valence-corrected chi connectivity index (χ4v) is 3.06. The van der Waals surface area contributed by atoms with Gasteiger partial charge in [0.1, 0.15) is 29.7 Å². The quantitative estimate of drug-likeness (QED) is 0.484. The molecule has 0 aliphatic heterocycles. The van der Waals surface area contributed by atoms with E-state index in [1.807, 2.05) is 18.4 Å². The first-order valence-electron chi connectivity index (χ1n) is 9.13. The summed E-state index contributed by atoms with van der Waals surface area (Å²) in [5.74, 6) is -0.686. The number of nitrogens with two attached hydrogens (primary N) is 1. The maximum Gasteiger partial charge on any atom is 0.261 e. The Morgan fingerprint density at radius 1 is 1.00 bits per heavy atom. The smallest absolute Gasteiger partial charge is 0.261 e. The van der Waals surface area contributed by atoms with Crippen molar-refractivity contribution in [3.8, 4) is 0 Å². The number of ketones is 1. The van der Waals surface area contributed by atoms with Crippen LogP contribution in [0.5, 0.6) is 0 Å². The van der Waals surface area contributed by atoms with Crippen LogP contribution in [0.1, 0.15) is 46.2 Å². The average molecular weight is 402 g/mol. The molecule has 0 aliphatic carbocycles. The Balaban J connectivity index is 1.66. The van der Waals surface area contributed by atoms with Crippen LogP contribution < -0.4 is 11.1 Å². The Morgan fingerprint density at radius 2 is 1.77 bits per heavy atom. The van der Waals surface area contributed by atoms with Crippen LogP contribution in [0.3, 0.4) is 0 Å². The predicted octanol–water partition coefficient (Wildman–Crippen LogP) is 2.26. The monoisotopic (exact) mass is 402 g/mol. The molecule has 0 fully saturated rings. The largest absolute Gasteiger partial charge is 0.383 e. The lowest BCUT2D eigenvalue weighted by Crippen LogP contribution is -2.16. The van der Waals surface area contributed by atoms with Gasteiger partial charge in [0.05, 0.1) is 17.4 Å². The number of rotatable bonds is 5. The zero-order chi connectivity index (χ0) is 21.3. The molecular formula is C20H18N8O2. The van der Waals surface area contributed by atoms with Gasteiger partial charge in [-0.1, -0.05) is 0 Å². The molecule has 0 saturated heterocycles. The van der Waals surface area contributed by atoms with Crippen molar-refractivity contribution in [1.29, 1.82) is 0 Å². The molecule has 150 valence electrons. The van der Waals surface area contributed by atoms with Crippen LogP contribution in [0.15, 0.2) is 49.7 Å². The van der Waals surface area contributed by atoms with Crippen molar-refractivity contribution in [3.63, 3.8) is 0 Å². The van der Waals surface area contributed by atoms with Gasteiger partial charge < -0.3 is 15.6 Å². The van der Waals surface area contributed by atoms with Gasteiger partial charge in [0.2, 0.25) is 0 Å². The summed E-state index contributed by atoms with van der Waals surface area (Å²) < 4.78 is 1.92. The highest BCUT2D eigenvalue weighted by atomic mass is 16.1. The van der Waals surface area contributed by atoms with E-state index in [4.69, 9.17) is 5.73 Å². The maximum absolute atomic E-state index is 13.2. The molecule has 0 bridgehead atoms. The van der Waals surface area contributed by atoms with Gasteiger partial charge in [-0.15, -0.1) is 0 Å². The Hall–Kier alpha value is -4.21. The Bertz CT molecular complexity index is 1260. The van der Waals surface area contributed by atoms with Crippen LogP contribution in [-0.4, -0.2) is 41.2 Å². The normalized spacial score (nSPS) is 11.0. The van der Waals surface area contributed by atoms with Gasteiger partial charge in [-0.2, -0.15) is 0 Å². The molecule has 4 rings (SSSR count). The summed E-state index contributed by atoms with van der Waals surface area (Å²) in [6.45, 7) is 4.01. The van der Waals surface area contributed by atoms with E-state index >= 15 is 0 Å². The van der Waals surface area contributed by atoms with Crippen molar-refractivity contribution in [2.75, 3.05) is 11.1 Å². The van der Waals surface area contributed by atoms with Crippen molar-refractivity contribution in [2.24, 2.45) is 0 Å². The van der Waals surface area contributed by atoms with Crippen LogP contribution in [0.2, 0.25) is 0 Å². The lowest BCUT2D eigenvalue weighted by molar-refractivity contribution is 0.102. The van der Waals surface area contributed by atoms with Crippen LogP contribution in [0.25, 0.3) is 11.0 Å². The fourth-order valence-electron chi connectivity index (χ4n) is 3.06. The van der Waals surface area contributed by atoms with E-state index in [9.17, 15) is 9.59 Å². The topological polar surface area (TPSA) is 142 Å². The molecule has 1 amide bonds. The van der Waals surface area contributed by atoms with E-state index in [1.165, 1.54) is 31.2 Å². The molecule has 3 N–H and O–H groups in total. The summed E-state index contributed by atoms with van der Waals surface area (Å²) in [6, 6.07) is 1.67. The number of amides is 1. The molecule has 4 heterocycles. The van der Waals surface area contributed by atoms with E-state index in [0.717, 1.165) is 0 Å². The number of nitrogens with one attached hydrogen (secondary N) is 1. The zero-order valence-corrected chi connectivity index (χ0v) is 16.3. The minimum absolute atomic E-state index is 0.0594. The minimum atomic E-state index is -0.496. The molecule has 10 heteroatoms. The minimum Gasteiger partial charge on any atom is -0.383 e. The van der Waals surface area contributed by atoms with Crippen molar-refractivity contribution in [1.82, 2.24) is 29.5 Å². The summed E-state index contributed by atoms with van der Waals surface area (Å²) in [7, 11) is 0. The highest BCUT2D eigenvalue weighted by Gasteiger charge is 2.20. The standard InChI is InChI=1S/C20H18N8O2/c1-11(2)28-8-16(14-6-23-10-26-19(14)28)17(29)12-3-13(5-22-4-12)27-20(30)15-7-24-9-25-18(15)21/h3-11H,1-2H3,(H,27,30)(H2,21,24,25). The van der Waals surface area contributed by atoms with Crippen molar-refractivity contribution < 1.29 is 9.59 Å². The van der Waals surface area contributed by atoms with Gasteiger partial charge in [-0.05, 0) is 19.9 Å². The van der Waals surface area contributed by atoms with Crippen LogP contribution >= 0.6 is 0 Å².